The second kappa shape index (κ2) is 6.17. The number of aliphatic hydroxyl groups excluding tert-OH is 1. The van der Waals surface area contributed by atoms with Gasteiger partial charge in [0.25, 0.3) is 0 Å². The van der Waals surface area contributed by atoms with Gasteiger partial charge < -0.3 is 14.9 Å². The molecule has 0 bridgehead atoms. The number of hydrogen-bond acceptors (Lipinski definition) is 3. The zero-order chi connectivity index (χ0) is 12.1. The van der Waals surface area contributed by atoms with Crippen LogP contribution in [0.4, 0.5) is 0 Å². The van der Waals surface area contributed by atoms with Gasteiger partial charge in [0.1, 0.15) is 0 Å². The van der Waals surface area contributed by atoms with E-state index < -0.39 is 0 Å². The summed E-state index contributed by atoms with van der Waals surface area (Å²) in [4.78, 5) is 5.01. The van der Waals surface area contributed by atoms with E-state index in [9.17, 15) is 5.11 Å². The Balaban J connectivity index is 1.88. The van der Waals surface area contributed by atoms with Gasteiger partial charge in [-0.2, -0.15) is 0 Å². The second-order valence-electron chi connectivity index (χ2n) is 6.15. The van der Waals surface area contributed by atoms with Crippen molar-refractivity contribution in [1.29, 1.82) is 0 Å². The normalized spacial score (nSPS) is 27.9. The molecule has 100 valence electrons. The first-order valence-electron chi connectivity index (χ1n) is 7.26. The predicted molar refractivity (Wildman–Crippen MR) is 71.2 cm³/mol. The molecule has 1 saturated carbocycles. The highest BCUT2D eigenvalue weighted by Crippen LogP contribution is 2.36. The van der Waals surface area contributed by atoms with Crippen molar-refractivity contribution >= 4 is 0 Å². The maximum absolute atomic E-state index is 9.76. The summed E-state index contributed by atoms with van der Waals surface area (Å²) in [7, 11) is 2.21. The molecule has 2 rings (SSSR count). The molecule has 3 nitrogen and oxygen atoms in total. The van der Waals surface area contributed by atoms with Crippen LogP contribution in [-0.4, -0.2) is 61.3 Å². The van der Waals surface area contributed by atoms with Crippen LogP contribution in [0, 0.1) is 5.41 Å². The minimum atomic E-state index is 0.223. The summed E-state index contributed by atoms with van der Waals surface area (Å²) in [5.41, 5.74) is 0.223. The molecule has 1 heterocycles. The molecule has 3 heteroatoms. The lowest BCUT2D eigenvalue weighted by atomic mass is 9.74. The number of hydrogen-bond donors (Lipinski definition) is 1. The average Bonchev–Trinajstić information content (AvgIpc) is 2.56. The largest absolute Gasteiger partial charge is 0.396 e. The third-order valence-corrected chi connectivity index (χ3v) is 4.62. The summed E-state index contributed by atoms with van der Waals surface area (Å²) in [6.07, 6.45) is 7.73. The van der Waals surface area contributed by atoms with E-state index >= 15 is 0 Å². The summed E-state index contributed by atoms with van der Waals surface area (Å²) >= 11 is 0. The van der Waals surface area contributed by atoms with E-state index in [1.54, 1.807) is 0 Å². The van der Waals surface area contributed by atoms with Gasteiger partial charge in [0.15, 0.2) is 0 Å². The van der Waals surface area contributed by atoms with Gasteiger partial charge in [-0.25, -0.2) is 0 Å². The smallest absolute Gasteiger partial charge is 0.0499 e. The van der Waals surface area contributed by atoms with E-state index in [-0.39, 0.29) is 5.41 Å². The molecule has 1 N–H and O–H groups in total. The van der Waals surface area contributed by atoms with E-state index in [2.05, 4.69) is 16.8 Å². The van der Waals surface area contributed by atoms with E-state index in [0.29, 0.717) is 6.61 Å². The first-order valence-corrected chi connectivity index (χ1v) is 7.26. The van der Waals surface area contributed by atoms with Crippen LogP contribution < -0.4 is 0 Å². The minimum absolute atomic E-state index is 0.223. The fourth-order valence-electron chi connectivity index (χ4n) is 3.40. The van der Waals surface area contributed by atoms with Gasteiger partial charge in [0.05, 0.1) is 0 Å². The van der Waals surface area contributed by atoms with Gasteiger partial charge in [0, 0.05) is 31.7 Å². The van der Waals surface area contributed by atoms with Crippen molar-refractivity contribution < 1.29 is 5.11 Å². The number of aliphatic hydroxyl groups is 1. The van der Waals surface area contributed by atoms with Crippen LogP contribution in [0.5, 0.6) is 0 Å². The fraction of sp³-hybridized carbons (Fsp3) is 1.00. The lowest BCUT2D eigenvalue weighted by molar-refractivity contribution is 0.0418. The molecular formula is C14H28N2O. The van der Waals surface area contributed by atoms with Crippen LogP contribution >= 0.6 is 0 Å². The zero-order valence-corrected chi connectivity index (χ0v) is 11.3. The summed E-state index contributed by atoms with van der Waals surface area (Å²) in [5.74, 6) is 0. The third kappa shape index (κ3) is 3.67. The number of rotatable bonds is 3. The van der Waals surface area contributed by atoms with Crippen LogP contribution in [0.15, 0.2) is 0 Å². The molecule has 0 atom stereocenters. The summed E-state index contributed by atoms with van der Waals surface area (Å²) in [6.45, 7) is 6.31. The highest BCUT2D eigenvalue weighted by Gasteiger charge is 2.33. The van der Waals surface area contributed by atoms with Crippen LogP contribution in [0.25, 0.3) is 0 Å². The van der Waals surface area contributed by atoms with Crippen molar-refractivity contribution in [3.8, 4) is 0 Å². The van der Waals surface area contributed by atoms with Crippen molar-refractivity contribution in [3.63, 3.8) is 0 Å². The van der Waals surface area contributed by atoms with Gasteiger partial charge in [-0.3, -0.25) is 0 Å². The van der Waals surface area contributed by atoms with Crippen LogP contribution in [-0.2, 0) is 0 Å². The highest BCUT2D eigenvalue weighted by molar-refractivity contribution is 4.86. The minimum Gasteiger partial charge on any atom is -0.396 e. The monoisotopic (exact) mass is 240 g/mol. The van der Waals surface area contributed by atoms with Gasteiger partial charge in [-0.1, -0.05) is 19.3 Å². The Morgan fingerprint density at radius 2 is 1.71 bits per heavy atom. The maximum Gasteiger partial charge on any atom is 0.0499 e. The van der Waals surface area contributed by atoms with Crippen molar-refractivity contribution in [3.05, 3.63) is 0 Å². The summed E-state index contributed by atoms with van der Waals surface area (Å²) in [5, 5.41) is 9.76. The second-order valence-corrected chi connectivity index (χ2v) is 6.15. The van der Waals surface area contributed by atoms with Crippen LogP contribution in [0.3, 0.4) is 0 Å². The van der Waals surface area contributed by atoms with Crippen LogP contribution in [0.2, 0.25) is 0 Å². The van der Waals surface area contributed by atoms with Crippen LogP contribution in [0.1, 0.15) is 38.5 Å². The zero-order valence-electron chi connectivity index (χ0n) is 11.3. The van der Waals surface area contributed by atoms with Gasteiger partial charge in [-0.05, 0) is 39.4 Å². The summed E-state index contributed by atoms with van der Waals surface area (Å²) in [6, 6.07) is 0. The Bertz CT molecular complexity index is 226. The van der Waals surface area contributed by atoms with E-state index in [0.717, 1.165) is 6.54 Å². The molecule has 1 saturated heterocycles. The number of nitrogens with zero attached hydrogens (tertiary/aromatic N) is 2. The third-order valence-electron chi connectivity index (χ3n) is 4.62. The van der Waals surface area contributed by atoms with E-state index in [1.807, 2.05) is 0 Å². The predicted octanol–water partition coefficient (Wildman–Crippen LogP) is 1.57. The van der Waals surface area contributed by atoms with Gasteiger partial charge in [0.2, 0.25) is 0 Å². The molecule has 2 aliphatic rings. The molecule has 0 radical (unpaired) electrons. The SMILES string of the molecule is CN1CCCN(CC2(CO)CCCCC2)CC1. The first-order chi connectivity index (χ1) is 8.24. The molecular weight excluding hydrogens is 212 g/mol. The van der Waals surface area contributed by atoms with E-state index in [1.165, 1.54) is 64.7 Å². The van der Waals surface area contributed by atoms with Crippen molar-refractivity contribution in [2.24, 2.45) is 5.41 Å². The Kier molecular flexibility index (Phi) is 4.83. The Hall–Kier alpha value is -0.120. The molecule has 0 aromatic carbocycles. The molecule has 0 spiro atoms. The highest BCUT2D eigenvalue weighted by atomic mass is 16.3. The Labute approximate surface area is 106 Å². The van der Waals surface area contributed by atoms with Crippen molar-refractivity contribution in [1.82, 2.24) is 9.80 Å². The molecule has 1 aliphatic heterocycles. The van der Waals surface area contributed by atoms with Crippen molar-refractivity contribution in [2.75, 3.05) is 46.4 Å². The quantitative estimate of drug-likeness (QED) is 0.811. The molecule has 0 amide bonds. The molecule has 0 aromatic rings. The Morgan fingerprint density at radius 1 is 0.941 bits per heavy atom. The summed E-state index contributed by atoms with van der Waals surface area (Å²) < 4.78 is 0. The lowest BCUT2D eigenvalue weighted by Gasteiger charge is -2.39. The molecule has 2 fully saturated rings. The van der Waals surface area contributed by atoms with Gasteiger partial charge in [-0.15, -0.1) is 0 Å². The number of likely N-dealkylation sites (N-methyl/N-ethyl adjacent to an activating group) is 1. The fourth-order valence-corrected chi connectivity index (χ4v) is 3.40. The van der Waals surface area contributed by atoms with E-state index in [4.69, 9.17) is 0 Å². The standard InChI is InChI=1S/C14H28N2O/c1-15-8-5-9-16(11-10-15)12-14(13-17)6-3-2-4-7-14/h17H,2-13H2,1H3. The topological polar surface area (TPSA) is 26.7 Å². The van der Waals surface area contributed by atoms with Gasteiger partial charge >= 0.3 is 0 Å². The lowest BCUT2D eigenvalue weighted by Crippen LogP contribution is -2.43. The molecule has 0 unspecified atom stereocenters. The van der Waals surface area contributed by atoms with Crippen molar-refractivity contribution in [2.45, 2.75) is 38.5 Å². The molecule has 1 aliphatic carbocycles. The Morgan fingerprint density at radius 3 is 2.41 bits per heavy atom. The average molecular weight is 240 g/mol. The molecule has 0 aromatic heterocycles. The maximum atomic E-state index is 9.76. The molecule has 17 heavy (non-hydrogen) atoms. The first kappa shape index (κ1) is 13.3.